The zero-order valence-corrected chi connectivity index (χ0v) is 41.3. The average molecular weight is 910 g/mol. The highest BCUT2D eigenvalue weighted by Crippen LogP contribution is 2.63. The highest BCUT2D eigenvalue weighted by molar-refractivity contribution is 5.93. The number of fused-ring (bicyclic) bond motifs is 15. The van der Waals surface area contributed by atoms with Gasteiger partial charge in [-0.2, -0.15) is 0 Å². The van der Waals surface area contributed by atoms with Gasteiger partial charge in [0.1, 0.15) is 0 Å². The van der Waals surface area contributed by atoms with E-state index < -0.39 is 5.41 Å². The van der Waals surface area contributed by atoms with Crippen molar-refractivity contribution in [2.75, 3.05) is 4.90 Å². The molecule has 0 bridgehead atoms. The quantitative estimate of drug-likeness (QED) is 0.166. The van der Waals surface area contributed by atoms with Crippen molar-refractivity contribution in [3.63, 3.8) is 0 Å². The molecule has 0 atom stereocenters. The van der Waals surface area contributed by atoms with Crippen LogP contribution in [0.1, 0.15) is 97.2 Å². The van der Waals surface area contributed by atoms with Crippen molar-refractivity contribution in [3.8, 4) is 55.6 Å². The van der Waals surface area contributed by atoms with Crippen LogP contribution in [0.25, 0.3) is 55.6 Å². The fourth-order valence-electron chi connectivity index (χ4n) is 13.8. The van der Waals surface area contributed by atoms with E-state index in [0.717, 1.165) is 17.1 Å². The molecule has 4 aliphatic rings. The summed E-state index contributed by atoms with van der Waals surface area (Å²) in [5.41, 5.74) is 29.2. The Morgan fingerprint density at radius 3 is 1.13 bits per heavy atom. The lowest BCUT2D eigenvalue weighted by atomic mass is 9.55. The third-order valence-electron chi connectivity index (χ3n) is 17.4. The summed E-state index contributed by atoms with van der Waals surface area (Å²) in [5, 5.41) is 0. The summed E-state index contributed by atoms with van der Waals surface area (Å²) in [6.45, 7) is 14.4. The van der Waals surface area contributed by atoms with Gasteiger partial charge in [-0.05, 0) is 160 Å². The van der Waals surface area contributed by atoms with E-state index in [1.54, 1.807) is 0 Å². The van der Waals surface area contributed by atoms with Gasteiger partial charge in [0.05, 0.1) is 5.41 Å². The fourth-order valence-corrected chi connectivity index (χ4v) is 13.8. The number of hydrogen-bond acceptors (Lipinski definition) is 1. The van der Waals surface area contributed by atoms with E-state index in [2.05, 4.69) is 271 Å². The zero-order valence-electron chi connectivity index (χ0n) is 41.3. The fraction of sp³-hybridized carbons (Fsp3) is 0.143. The molecule has 0 aliphatic heterocycles. The van der Waals surface area contributed by atoms with Gasteiger partial charge in [0.25, 0.3) is 0 Å². The first-order valence-corrected chi connectivity index (χ1v) is 25.4. The Kier molecular flexibility index (Phi) is 8.72. The van der Waals surface area contributed by atoms with Gasteiger partial charge in [0, 0.05) is 33.3 Å². The van der Waals surface area contributed by atoms with Crippen LogP contribution >= 0.6 is 0 Å². The standard InChI is InChI=1S/C70H55N/c1-67(2)57-22-12-10-20-51(57)54-38-34-49(42-64(54)67)71(48-32-28-45(29-33-48)44-18-8-7-9-19-44)50-35-39-55-53-36-30-46(40-63(53)69(5,6)65(55)43-50)47-31-37-56-52-21-11-13-23-58(52)70(66(56)41-47)61-26-16-14-24-59(61)68(3,4)60-25-15-17-27-62(60)70/h7-43H,1-6H3. The molecule has 1 spiro atoms. The molecular weight excluding hydrogens is 855 g/mol. The lowest BCUT2D eigenvalue weighted by Crippen LogP contribution is -2.40. The molecule has 0 unspecified atom stereocenters. The van der Waals surface area contributed by atoms with Crippen molar-refractivity contribution >= 4 is 17.1 Å². The number of anilines is 3. The topological polar surface area (TPSA) is 3.24 Å². The molecular formula is C70H55N. The summed E-state index contributed by atoms with van der Waals surface area (Å²) in [5.74, 6) is 0. The Morgan fingerprint density at radius 2 is 0.563 bits per heavy atom. The van der Waals surface area contributed by atoms with Crippen LogP contribution in [-0.4, -0.2) is 0 Å². The minimum Gasteiger partial charge on any atom is -0.310 e. The molecule has 0 saturated heterocycles. The van der Waals surface area contributed by atoms with Crippen LogP contribution in [0, 0.1) is 0 Å². The van der Waals surface area contributed by atoms with Crippen LogP contribution in [0.4, 0.5) is 17.1 Å². The van der Waals surface area contributed by atoms with Gasteiger partial charge >= 0.3 is 0 Å². The van der Waals surface area contributed by atoms with Crippen LogP contribution in [0.2, 0.25) is 0 Å². The van der Waals surface area contributed by atoms with Crippen molar-refractivity contribution < 1.29 is 0 Å². The van der Waals surface area contributed by atoms with E-state index in [0.29, 0.717) is 0 Å². The molecule has 1 heteroatoms. The molecule has 340 valence electrons. The van der Waals surface area contributed by atoms with E-state index in [1.807, 2.05) is 0 Å². The highest BCUT2D eigenvalue weighted by Gasteiger charge is 2.53. The van der Waals surface area contributed by atoms with Gasteiger partial charge in [-0.3, -0.25) is 0 Å². The summed E-state index contributed by atoms with van der Waals surface area (Å²) >= 11 is 0. The van der Waals surface area contributed by atoms with Crippen LogP contribution in [-0.2, 0) is 21.7 Å². The summed E-state index contributed by atoms with van der Waals surface area (Å²) in [6.07, 6.45) is 0. The first-order chi connectivity index (χ1) is 34.5. The van der Waals surface area contributed by atoms with Crippen molar-refractivity contribution in [2.24, 2.45) is 0 Å². The lowest BCUT2D eigenvalue weighted by Gasteiger charge is -2.46. The molecule has 71 heavy (non-hydrogen) atoms. The molecule has 0 aromatic heterocycles. The van der Waals surface area contributed by atoms with Crippen LogP contribution in [0.5, 0.6) is 0 Å². The first kappa shape index (κ1) is 41.9. The third-order valence-corrected chi connectivity index (χ3v) is 17.4. The van der Waals surface area contributed by atoms with E-state index in [1.165, 1.54) is 111 Å². The van der Waals surface area contributed by atoms with E-state index in [-0.39, 0.29) is 16.2 Å². The summed E-state index contributed by atoms with van der Waals surface area (Å²) in [6, 6.07) is 85.3. The maximum absolute atomic E-state index is 2.54. The molecule has 0 saturated carbocycles. The minimum atomic E-state index is -0.431. The van der Waals surface area contributed by atoms with E-state index in [9.17, 15) is 0 Å². The van der Waals surface area contributed by atoms with Crippen molar-refractivity contribution in [1.29, 1.82) is 0 Å². The van der Waals surface area contributed by atoms with Gasteiger partial charge in [-0.1, -0.05) is 217 Å². The van der Waals surface area contributed by atoms with Gasteiger partial charge in [0.2, 0.25) is 0 Å². The SMILES string of the molecule is CC1(C)c2ccccc2-c2ccc(N(c3ccc(-c4ccccc4)cc3)c3ccc4c(c3)C(C)(C)c3cc(-c5ccc6c(c5)C5(c7ccccc7-6)c6ccccc6C(C)(C)c6ccccc65)ccc3-4)cc21. The second kappa shape index (κ2) is 14.8. The molecule has 0 N–H and O–H groups in total. The largest absolute Gasteiger partial charge is 0.310 e. The summed E-state index contributed by atoms with van der Waals surface area (Å²) in [4.78, 5) is 2.47. The van der Waals surface area contributed by atoms with E-state index >= 15 is 0 Å². The van der Waals surface area contributed by atoms with Gasteiger partial charge in [-0.15, -0.1) is 0 Å². The molecule has 1 nitrogen and oxygen atoms in total. The molecule has 10 aromatic carbocycles. The Hall–Kier alpha value is -8.00. The predicted octanol–water partition coefficient (Wildman–Crippen LogP) is 18.1. The third kappa shape index (κ3) is 5.69. The molecule has 14 rings (SSSR count). The van der Waals surface area contributed by atoms with Crippen LogP contribution in [0.15, 0.2) is 224 Å². The molecule has 0 amide bonds. The van der Waals surface area contributed by atoms with Crippen LogP contribution < -0.4 is 4.90 Å². The van der Waals surface area contributed by atoms with Gasteiger partial charge in [-0.25, -0.2) is 0 Å². The van der Waals surface area contributed by atoms with E-state index in [4.69, 9.17) is 0 Å². The Morgan fingerprint density at radius 1 is 0.225 bits per heavy atom. The number of nitrogens with zero attached hydrogens (tertiary/aromatic N) is 1. The predicted molar refractivity (Wildman–Crippen MR) is 297 cm³/mol. The smallest absolute Gasteiger partial charge is 0.0719 e. The number of benzene rings is 10. The Bertz CT molecular complexity index is 3790. The van der Waals surface area contributed by atoms with Gasteiger partial charge in [0.15, 0.2) is 0 Å². The maximum Gasteiger partial charge on any atom is 0.0719 e. The molecule has 10 aromatic rings. The second-order valence-corrected chi connectivity index (χ2v) is 22.0. The van der Waals surface area contributed by atoms with Crippen LogP contribution in [0.3, 0.4) is 0 Å². The maximum atomic E-state index is 2.54. The summed E-state index contributed by atoms with van der Waals surface area (Å²) < 4.78 is 0. The van der Waals surface area contributed by atoms with Crippen molar-refractivity contribution in [2.45, 2.75) is 63.2 Å². The normalized spacial score (nSPS) is 15.9. The number of hydrogen-bond donors (Lipinski definition) is 0. The Balaban J connectivity index is 0.887. The molecule has 0 radical (unpaired) electrons. The minimum absolute atomic E-state index is 0.115. The van der Waals surface area contributed by atoms with Crippen molar-refractivity contribution in [3.05, 3.63) is 280 Å². The molecule has 4 aliphatic carbocycles. The van der Waals surface area contributed by atoms with Gasteiger partial charge < -0.3 is 4.90 Å². The zero-order chi connectivity index (χ0) is 48.0. The van der Waals surface area contributed by atoms with Crippen molar-refractivity contribution in [1.82, 2.24) is 0 Å². The Labute approximate surface area is 418 Å². The first-order valence-electron chi connectivity index (χ1n) is 25.4. The summed E-state index contributed by atoms with van der Waals surface area (Å²) in [7, 11) is 0. The number of rotatable bonds is 5. The highest BCUT2D eigenvalue weighted by atomic mass is 15.1. The lowest BCUT2D eigenvalue weighted by molar-refractivity contribution is 0.563. The molecule has 0 fully saturated rings. The second-order valence-electron chi connectivity index (χ2n) is 22.0. The molecule has 0 heterocycles. The monoisotopic (exact) mass is 909 g/mol. The average Bonchev–Trinajstić information content (AvgIpc) is 3.92.